The Morgan fingerprint density at radius 2 is 1.86 bits per heavy atom. The summed E-state index contributed by atoms with van der Waals surface area (Å²) in [6.07, 6.45) is 0. The topological polar surface area (TPSA) is 66.4 Å². The number of aliphatic hydroxyl groups is 1. The highest BCUT2D eigenvalue weighted by molar-refractivity contribution is 7.89. The predicted octanol–water partition coefficient (Wildman–Crippen LogP) is 0.580. The molecule has 2 N–H and O–H groups in total. The minimum absolute atomic E-state index is 0.0385. The molecule has 0 aromatic rings. The molecule has 0 aliphatic rings. The van der Waals surface area contributed by atoms with Crippen LogP contribution in [0.1, 0.15) is 27.7 Å². The number of hydrogen-bond donors (Lipinski definition) is 2. The van der Waals surface area contributed by atoms with E-state index in [0.29, 0.717) is 12.5 Å². The Morgan fingerprint density at radius 3 is 2.21 bits per heavy atom. The summed E-state index contributed by atoms with van der Waals surface area (Å²) >= 11 is 0. The first-order valence-electron chi connectivity index (χ1n) is 4.77. The molecule has 5 heteroatoms. The molecule has 0 aromatic heterocycles. The van der Waals surface area contributed by atoms with E-state index in [1.165, 1.54) is 0 Å². The third-order valence-corrected chi connectivity index (χ3v) is 3.49. The third kappa shape index (κ3) is 6.34. The van der Waals surface area contributed by atoms with Crippen LogP contribution in [0.2, 0.25) is 0 Å². The van der Waals surface area contributed by atoms with Crippen molar-refractivity contribution in [2.24, 2.45) is 11.3 Å². The Morgan fingerprint density at radius 1 is 1.36 bits per heavy atom. The van der Waals surface area contributed by atoms with E-state index in [1.54, 1.807) is 13.8 Å². The molecule has 0 aliphatic carbocycles. The maximum Gasteiger partial charge on any atom is 0.212 e. The molecule has 0 heterocycles. The summed E-state index contributed by atoms with van der Waals surface area (Å²) in [5.41, 5.74) is -0.581. The lowest BCUT2D eigenvalue weighted by molar-refractivity contribution is 0.178. The number of rotatable bonds is 6. The van der Waals surface area contributed by atoms with Crippen molar-refractivity contribution in [2.45, 2.75) is 27.7 Å². The average Bonchev–Trinajstić information content (AvgIpc) is 1.99. The normalized spacial score (nSPS) is 13.6. The van der Waals surface area contributed by atoms with Crippen LogP contribution in [0.15, 0.2) is 0 Å². The highest BCUT2D eigenvalue weighted by Crippen LogP contribution is 2.15. The van der Waals surface area contributed by atoms with E-state index in [0.717, 1.165) is 0 Å². The highest BCUT2D eigenvalue weighted by Gasteiger charge is 2.25. The van der Waals surface area contributed by atoms with Crippen molar-refractivity contribution in [1.82, 2.24) is 4.72 Å². The van der Waals surface area contributed by atoms with E-state index in [9.17, 15) is 8.42 Å². The van der Waals surface area contributed by atoms with Gasteiger partial charge in [0.1, 0.15) is 0 Å². The second kappa shape index (κ2) is 5.09. The maximum atomic E-state index is 11.5. The van der Waals surface area contributed by atoms with Crippen LogP contribution in [0, 0.1) is 11.3 Å². The fourth-order valence-corrected chi connectivity index (χ4v) is 2.71. The molecule has 0 amide bonds. The quantitative estimate of drug-likeness (QED) is 0.692. The molecule has 0 atom stereocenters. The zero-order chi connectivity index (χ0) is 11.4. The lowest BCUT2D eigenvalue weighted by Gasteiger charge is -2.21. The summed E-state index contributed by atoms with van der Waals surface area (Å²) < 4.78 is 25.5. The maximum absolute atomic E-state index is 11.5. The minimum Gasteiger partial charge on any atom is -0.396 e. The van der Waals surface area contributed by atoms with Crippen LogP contribution >= 0.6 is 0 Å². The molecule has 0 bridgehead atoms. The number of hydrogen-bond acceptors (Lipinski definition) is 3. The van der Waals surface area contributed by atoms with Crippen molar-refractivity contribution >= 4 is 10.0 Å². The lowest BCUT2D eigenvalue weighted by atomic mass is 9.98. The van der Waals surface area contributed by atoms with Crippen molar-refractivity contribution in [3.63, 3.8) is 0 Å². The Labute approximate surface area is 86.8 Å². The highest BCUT2D eigenvalue weighted by atomic mass is 32.2. The Bertz CT molecular complexity index is 257. The molecule has 0 unspecified atom stereocenters. The predicted molar refractivity (Wildman–Crippen MR) is 57.5 cm³/mol. The van der Waals surface area contributed by atoms with Crippen molar-refractivity contribution in [3.8, 4) is 0 Å². The lowest BCUT2D eigenvalue weighted by Crippen LogP contribution is -2.37. The summed E-state index contributed by atoms with van der Waals surface area (Å²) in [5.74, 6) is 0.255. The average molecular weight is 223 g/mol. The van der Waals surface area contributed by atoms with Gasteiger partial charge in [0.15, 0.2) is 0 Å². The fourth-order valence-electron chi connectivity index (χ4n) is 0.905. The second-order valence-electron chi connectivity index (χ2n) is 4.82. The van der Waals surface area contributed by atoms with Gasteiger partial charge in [-0.2, -0.15) is 0 Å². The van der Waals surface area contributed by atoms with Gasteiger partial charge in [-0.15, -0.1) is 0 Å². The van der Waals surface area contributed by atoms with Gasteiger partial charge in [0.25, 0.3) is 0 Å². The van der Waals surface area contributed by atoms with E-state index in [4.69, 9.17) is 5.11 Å². The van der Waals surface area contributed by atoms with Gasteiger partial charge in [0.05, 0.1) is 5.75 Å². The van der Waals surface area contributed by atoms with E-state index in [-0.39, 0.29) is 12.4 Å². The molecule has 0 spiro atoms. The summed E-state index contributed by atoms with van der Waals surface area (Å²) in [5, 5.41) is 8.94. The Kier molecular flexibility index (Phi) is 5.05. The molecule has 0 fully saturated rings. The van der Waals surface area contributed by atoms with Gasteiger partial charge in [0, 0.05) is 18.6 Å². The van der Waals surface area contributed by atoms with Crippen LogP contribution in [0.3, 0.4) is 0 Å². The second-order valence-corrected chi connectivity index (χ2v) is 6.63. The fraction of sp³-hybridized carbons (Fsp3) is 1.00. The van der Waals surface area contributed by atoms with E-state index >= 15 is 0 Å². The standard InChI is InChI=1S/C9H21NO3S/c1-8(2)5-10-14(12,13)7-9(3,4)6-11/h8,10-11H,5-7H2,1-4H3. The summed E-state index contributed by atoms with van der Waals surface area (Å²) in [6, 6.07) is 0. The van der Waals surface area contributed by atoms with E-state index in [2.05, 4.69) is 4.72 Å². The van der Waals surface area contributed by atoms with E-state index < -0.39 is 15.4 Å². The molecule has 0 saturated heterocycles. The molecule has 86 valence electrons. The van der Waals surface area contributed by atoms with Crippen LogP contribution in [0.25, 0.3) is 0 Å². The summed E-state index contributed by atoms with van der Waals surface area (Å²) in [4.78, 5) is 0. The minimum atomic E-state index is -3.26. The van der Waals surface area contributed by atoms with Gasteiger partial charge >= 0.3 is 0 Å². The number of sulfonamides is 1. The number of aliphatic hydroxyl groups excluding tert-OH is 1. The first-order valence-corrected chi connectivity index (χ1v) is 6.42. The van der Waals surface area contributed by atoms with Crippen molar-refractivity contribution in [1.29, 1.82) is 0 Å². The van der Waals surface area contributed by atoms with Gasteiger partial charge in [-0.05, 0) is 5.92 Å². The smallest absolute Gasteiger partial charge is 0.212 e. The van der Waals surface area contributed by atoms with Crippen molar-refractivity contribution in [2.75, 3.05) is 18.9 Å². The monoisotopic (exact) mass is 223 g/mol. The van der Waals surface area contributed by atoms with Gasteiger partial charge in [-0.3, -0.25) is 0 Å². The van der Waals surface area contributed by atoms with Gasteiger partial charge < -0.3 is 5.11 Å². The summed E-state index contributed by atoms with van der Waals surface area (Å²) in [6.45, 7) is 7.65. The van der Waals surface area contributed by atoms with Crippen LogP contribution in [-0.4, -0.2) is 32.4 Å². The molecule has 0 saturated carbocycles. The molecule has 0 rings (SSSR count). The molecule has 0 aliphatic heterocycles. The first-order chi connectivity index (χ1) is 6.18. The first kappa shape index (κ1) is 13.9. The Hall–Kier alpha value is -0.130. The van der Waals surface area contributed by atoms with Crippen molar-refractivity contribution < 1.29 is 13.5 Å². The molecular weight excluding hydrogens is 202 g/mol. The molecular formula is C9H21NO3S. The SMILES string of the molecule is CC(C)CNS(=O)(=O)CC(C)(C)CO. The van der Waals surface area contributed by atoms with Crippen LogP contribution < -0.4 is 4.72 Å². The zero-order valence-corrected chi connectivity index (χ0v) is 10.2. The van der Waals surface area contributed by atoms with Crippen LogP contribution in [0.4, 0.5) is 0 Å². The van der Waals surface area contributed by atoms with Gasteiger partial charge in [-0.1, -0.05) is 27.7 Å². The van der Waals surface area contributed by atoms with Crippen LogP contribution in [-0.2, 0) is 10.0 Å². The molecule has 4 nitrogen and oxygen atoms in total. The van der Waals surface area contributed by atoms with Crippen molar-refractivity contribution in [3.05, 3.63) is 0 Å². The molecule has 14 heavy (non-hydrogen) atoms. The van der Waals surface area contributed by atoms with Gasteiger partial charge in [-0.25, -0.2) is 13.1 Å². The molecule has 0 radical (unpaired) electrons. The summed E-state index contributed by atoms with van der Waals surface area (Å²) in [7, 11) is -3.26. The Balaban J connectivity index is 4.22. The van der Waals surface area contributed by atoms with Crippen LogP contribution in [0.5, 0.6) is 0 Å². The third-order valence-electron chi connectivity index (χ3n) is 1.72. The van der Waals surface area contributed by atoms with E-state index in [1.807, 2.05) is 13.8 Å². The zero-order valence-electron chi connectivity index (χ0n) is 9.37. The number of nitrogens with one attached hydrogen (secondary N) is 1. The molecule has 0 aromatic carbocycles. The van der Waals surface area contributed by atoms with Gasteiger partial charge in [0.2, 0.25) is 10.0 Å². The largest absolute Gasteiger partial charge is 0.396 e.